The van der Waals surface area contributed by atoms with Gasteiger partial charge < -0.3 is 15.6 Å². The van der Waals surface area contributed by atoms with Gasteiger partial charge in [-0.15, -0.1) is 0 Å². The van der Waals surface area contributed by atoms with Crippen molar-refractivity contribution >= 4 is 34.2 Å². The van der Waals surface area contributed by atoms with Crippen LogP contribution in [0.4, 0.5) is 11.4 Å². The van der Waals surface area contributed by atoms with E-state index in [1.807, 2.05) is 26.2 Å². The number of pyridine rings is 2. The molecule has 4 aromatic rings. The molecule has 37 heavy (non-hydrogen) atoms. The number of hydrogen-bond donors (Lipinski definition) is 3. The number of anilines is 2. The van der Waals surface area contributed by atoms with Gasteiger partial charge in [0.1, 0.15) is 5.65 Å². The normalized spacial score (nSPS) is 16.7. The number of aryl methyl sites for hydroxylation is 2. The maximum absolute atomic E-state index is 13.1. The minimum absolute atomic E-state index is 0.0640. The smallest absolute Gasteiger partial charge is 0.257 e. The van der Waals surface area contributed by atoms with Crippen LogP contribution in [-0.4, -0.2) is 61.1 Å². The van der Waals surface area contributed by atoms with E-state index in [4.69, 9.17) is 0 Å². The Morgan fingerprint density at radius 1 is 1.08 bits per heavy atom. The minimum Gasteiger partial charge on any atom is -0.339 e. The SMILES string of the molecule is Cc1ncc(NC(=O)CN2CCC3(CCC3)C2)cc1NC(=O)c1cnc2[nH]c(-c3cnn(C)c3)cc2c1. The average molecular weight is 499 g/mol. The van der Waals surface area contributed by atoms with E-state index in [9.17, 15) is 9.59 Å². The number of fused-ring (bicyclic) bond motifs is 1. The van der Waals surface area contributed by atoms with Crippen LogP contribution in [0.3, 0.4) is 0 Å². The van der Waals surface area contributed by atoms with Gasteiger partial charge in [-0.1, -0.05) is 6.42 Å². The first kappa shape index (κ1) is 23.4. The third kappa shape index (κ3) is 4.72. The van der Waals surface area contributed by atoms with E-state index < -0.39 is 0 Å². The topological polar surface area (TPSA) is 121 Å². The van der Waals surface area contributed by atoms with E-state index in [1.54, 1.807) is 35.4 Å². The standard InChI is InChI=1S/C27H30N8O2/c1-17-22(10-21(13-28-17)31-24(36)15-35-7-6-27(16-35)4-3-5-27)33-26(37)19-8-18-9-23(32-25(18)29-11-19)20-12-30-34(2)14-20/h8-14H,3-7,15-16H2,1-2H3,(H,29,32)(H,31,36)(H,33,37). The Bertz CT molecular complexity index is 1500. The van der Waals surface area contributed by atoms with Gasteiger partial charge in [0.05, 0.1) is 47.3 Å². The maximum atomic E-state index is 13.1. The lowest BCUT2D eigenvalue weighted by Crippen LogP contribution is -2.36. The number of rotatable bonds is 6. The summed E-state index contributed by atoms with van der Waals surface area (Å²) in [6.45, 7) is 4.18. The van der Waals surface area contributed by atoms with Gasteiger partial charge in [-0.05, 0) is 56.3 Å². The molecule has 190 valence electrons. The summed E-state index contributed by atoms with van der Waals surface area (Å²) in [5.41, 5.74) is 5.17. The molecule has 1 spiro atoms. The highest BCUT2D eigenvalue weighted by atomic mass is 16.2. The van der Waals surface area contributed by atoms with Crippen LogP contribution in [0.2, 0.25) is 0 Å². The van der Waals surface area contributed by atoms with Crippen LogP contribution in [0.5, 0.6) is 0 Å². The number of carbonyl (C=O) groups excluding carboxylic acids is 2. The number of amides is 2. The van der Waals surface area contributed by atoms with Gasteiger partial charge in [0.2, 0.25) is 5.91 Å². The molecule has 10 nitrogen and oxygen atoms in total. The number of likely N-dealkylation sites (tertiary alicyclic amines) is 1. The molecule has 5 heterocycles. The van der Waals surface area contributed by atoms with Crippen LogP contribution in [-0.2, 0) is 11.8 Å². The van der Waals surface area contributed by atoms with E-state index >= 15 is 0 Å². The summed E-state index contributed by atoms with van der Waals surface area (Å²) in [7, 11) is 1.86. The fraction of sp³-hybridized carbons (Fsp3) is 0.370. The van der Waals surface area contributed by atoms with Crippen molar-refractivity contribution in [3.63, 3.8) is 0 Å². The Hall–Kier alpha value is -4.05. The van der Waals surface area contributed by atoms with Crippen LogP contribution in [0.15, 0.2) is 43.0 Å². The average Bonchev–Trinajstić information content (AvgIpc) is 3.58. The Morgan fingerprint density at radius 2 is 1.95 bits per heavy atom. The van der Waals surface area contributed by atoms with E-state index in [0.717, 1.165) is 29.7 Å². The molecule has 10 heteroatoms. The highest BCUT2D eigenvalue weighted by Gasteiger charge is 2.42. The minimum atomic E-state index is -0.297. The van der Waals surface area contributed by atoms with Crippen LogP contribution >= 0.6 is 0 Å². The van der Waals surface area contributed by atoms with Crippen molar-refractivity contribution in [2.24, 2.45) is 12.5 Å². The van der Waals surface area contributed by atoms with Crippen LogP contribution < -0.4 is 10.6 Å². The molecule has 0 aromatic carbocycles. The molecule has 0 unspecified atom stereocenters. The summed E-state index contributed by atoms with van der Waals surface area (Å²) < 4.78 is 1.73. The number of nitrogens with one attached hydrogen (secondary N) is 3. The first-order chi connectivity index (χ1) is 17.9. The quantitative estimate of drug-likeness (QED) is 0.373. The largest absolute Gasteiger partial charge is 0.339 e. The lowest BCUT2D eigenvalue weighted by molar-refractivity contribution is -0.117. The molecule has 1 aliphatic heterocycles. The van der Waals surface area contributed by atoms with Gasteiger partial charge in [0.15, 0.2) is 0 Å². The highest BCUT2D eigenvalue weighted by molar-refractivity contribution is 6.06. The molecule has 4 aromatic heterocycles. The number of aromatic nitrogens is 5. The summed E-state index contributed by atoms with van der Waals surface area (Å²) in [4.78, 5) is 40.0. The molecular weight excluding hydrogens is 468 g/mol. The van der Waals surface area contributed by atoms with E-state index in [0.29, 0.717) is 40.2 Å². The van der Waals surface area contributed by atoms with Gasteiger partial charge in [-0.3, -0.25) is 24.2 Å². The first-order valence-electron chi connectivity index (χ1n) is 12.6. The fourth-order valence-corrected chi connectivity index (χ4v) is 5.43. The Balaban J connectivity index is 1.12. The molecule has 2 fully saturated rings. The molecule has 0 radical (unpaired) electrons. The summed E-state index contributed by atoms with van der Waals surface area (Å²) in [6.07, 6.45) is 11.9. The van der Waals surface area contributed by atoms with E-state index in [-0.39, 0.29) is 11.8 Å². The van der Waals surface area contributed by atoms with Gasteiger partial charge in [-0.2, -0.15) is 5.10 Å². The Labute approximate surface area is 214 Å². The summed E-state index contributed by atoms with van der Waals surface area (Å²) in [5, 5.41) is 10.9. The van der Waals surface area contributed by atoms with Crippen LogP contribution in [0.1, 0.15) is 41.7 Å². The molecule has 6 rings (SSSR count). The molecule has 1 saturated heterocycles. The van der Waals surface area contributed by atoms with Crippen molar-refractivity contribution in [3.05, 3.63) is 54.2 Å². The fourth-order valence-electron chi connectivity index (χ4n) is 5.43. The zero-order chi connectivity index (χ0) is 25.6. The number of nitrogens with zero attached hydrogens (tertiary/aromatic N) is 5. The van der Waals surface area contributed by atoms with Gasteiger partial charge in [-0.25, -0.2) is 4.98 Å². The van der Waals surface area contributed by atoms with E-state index in [1.165, 1.54) is 25.7 Å². The maximum Gasteiger partial charge on any atom is 0.257 e. The second-order valence-electron chi connectivity index (χ2n) is 10.4. The summed E-state index contributed by atoms with van der Waals surface area (Å²) >= 11 is 0. The lowest BCUT2D eigenvalue weighted by atomic mass is 9.68. The highest BCUT2D eigenvalue weighted by Crippen LogP contribution is 2.47. The van der Waals surface area contributed by atoms with Crippen molar-refractivity contribution in [1.82, 2.24) is 29.6 Å². The van der Waals surface area contributed by atoms with Crippen molar-refractivity contribution in [2.75, 3.05) is 30.3 Å². The van der Waals surface area contributed by atoms with Crippen molar-refractivity contribution in [1.29, 1.82) is 0 Å². The molecule has 2 aliphatic rings. The third-order valence-corrected chi connectivity index (χ3v) is 7.67. The number of hydrogen-bond acceptors (Lipinski definition) is 6. The van der Waals surface area contributed by atoms with Gasteiger partial charge in [0.25, 0.3) is 5.91 Å². The zero-order valence-electron chi connectivity index (χ0n) is 21.0. The molecule has 1 saturated carbocycles. The second kappa shape index (κ2) is 9.11. The van der Waals surface area contributed by atoms with Gasteiger partial charge >= 0.3 is 0 Å². The summed E-state index contributed by atoms with van der Waals surface area (Å²) in [6, 6.07) is 5.50. The molecule has 2 amide bonds. The molecule has 3 N–H and O–H groups in total. The van der Waals surface area contributed by atoms with Gasteiger partial charge in [0, 0.05) is 36.9 Å². The first-order valence-corrected chi connectivity index (χ1v) is 12.6. The van der Waals surface area contributed by atoms with Crippen molar-refractivity contribution < 1.29 is 9.59 Å². The Kier molecular flexibility index (Phi) is 5.75. The van der Waals surface area contributed by atoms with Crippen LogP contribution in [0, 0.1) is 12.3 Å². The predicted molar refractivity (Wildman–Crippen MR) is 141 cm³/mol. The van der Waals surface area contributed by atoms with Crippen molar-refractivity contribution in [2.45, 2.75) is 32.6 Å². The predicted octanol–water partition coefficient (Wildman–Crippen LogP) is 3.73. The number of H-pyrrole nitrogens is 1. The molecule has 0 atom stereocenters. The third-order valence-electron chi connectivity index (χ3n) is 7.67. The lowest BCUT2D eigenvalue weighted by Gasteiger charge is -2.38. The number of carbonyl (C=O) groups is 2. The molecule has 0 bridgehead atoms. The molecule has 1 aliphatic carbocycles. The van der Waals surface area contributed by atoms with Crippen molar-refractivity contribution in [3.8, 4) is 11.3 Å². The van der Waals surface area contributed by atoms with E-state index in [2.05, 4.69) is 35.6 Å². The second-order valence-corrected chi connectivity index (χ2v) is 10.4. The Morgan fingerprint density at radius 3 is 2.68 bits per heavy atom. The summed E-state index contributed by atoms with van der Waals surface area (Å²) in [5.74, 6) is -0.361. The zero-order valence-corrected chi connectivity index (χ0v) is 21.0. The molecular formula is C27H30N8O2. The monoisotopic (exact) mass is 498 g/mol. The van der Waals surface area contributed by atoms with Crippen LogP contribution in [0.25, 0.3) is 22.3 Å². The number of aromatic amines is 1.